The Kier molecular flexibility index (Phi) is 5.41. The molecule has 3 aromatic carbocycles. The Bertz CT molecular complexity index is 1420. The van der Waals surface area contributed by atoms with Gasteiger partial charge in [0, 0.05) is 29.9 Å². The average Bonchev–Trinajstić information content (AvgIpc) is 2.68. The molecule has 6 nitrogen and oxygen atoms in total. The van der Waals surface area contributed by atoms with Crippen molar-refractivity contribution in [3.63, 3.8) is 0 Å². The second-order valence-electron chi connectivity index (χ2n) is 7.74. The quantitative estimate of drug-likeness (QED) is 0.388. The number of para-hydroxylation sites is 1. The van der Waals surface area contributed by atoms with Gasteiger partial charge in [-0.1, -0.05) is 29.8 Å². The monoisotopic (exact) mass is 454 g/mol. The van der Waals surface area contributed by atoms with Crippen LogP contribution in [0.2, 0.25) is 5.02 Å². The van der Waals surface area contributed by atoms with Gasteiger partial charge in [-0.25, -0.2) is 13.4 Å². The fourth-order valence-electron chi connectivity index (χ4n) is 3.64. The van der Waals surface area contributed by atoms with Gasteiger partial charge < -0.3 is 10.2 Å². The lowest BCUT2D eigenvalue weighted by Crippen LogP contribution is -2.14. The van der Waals surface area contributed by atoms with Crippen molar-refractivity contribution in [1.82, 2.24) is 4.98 Å². The van der Waals surface area contributed by atoms with E-state index >= 15 is 0 Å². The van der Waals surface area contributed by atoms with Crippen LogP contribution in [-0.2, 0) is 10.0 Å². The molecular formula is C23H23ClN4O2S. The summed E-state index contributed by atoms with van der Waals surface area (Å²) in [5.41, 5.74) is 5.89. The van der Waals surface area contributed by atoms with Crippen molar-refractivity contribution in [1.29, 1.82) is 0 Å². The molecule has 0 aliphatic carbocycles. The number of anilines is 4. The van der Waals surface area contributed by atoms with E-state index in [-0.39, 0.29) is 0 Å². The second-order valence-corrected chi connectivity index (χ2v) is 9.93. The number of aromatic nitrogens is 1. The van der Waals surface area contributed by atoms with Crippen LogP contribution in [0.5, 0.6) is 0 Å². The number of halogens is 1. The molecule has 0 spiro atoms. The van der Waals surface area contributed by atoms with Crippen LogP contribution in [-0.4, -0.2) is 33.8 Å². The number of benzene rings is 3. The first-order chi connectivity index (χ1) is 14.6. The van der Waals surface area contributed by atoms with Crippen molar-refractivity contribution in [2.75, 3.05) is 35.3 Å². The zero-order valence-electron chi connectivity index (χ0n) is 17.7. The summed E-state index contributed by atoms with van der Waals surface area (Å²) >= 11 is 6.24. The average molecular weight is 455 g/mol. The van der Waals surface area contributed by atoms with Gasteiger partial charge in [0.25, 0.3) is 0 Å². The SMILES string of the molecule is Cc1cccc2c(Nc3ccc(NS(C)(=O)=O)cc3N(C)C)c3ccc(Cl)cc3nc12. The van der Waals surface area contributed by atoms with E-state index in [0.29, 0.717) is 10.7 Å². The molecule has 8 heteroatoms. The summed E-state index contributed by atoms with van der Waals surface area (Å²) in [7, 11) is 0.461. The summed E-state index contributed by atoms with van der Waals surface area (Å²) in [4.78, 5) is 6.77. The second kappa shape index (κ2) is 7.90. The first-order valence-corrected chi connectivity index (χ1v) is 11.9. The maximum absolute atomic E-state index is 11.7. The molecule has 4 aromatic rings. The Morgan fingerprint density at radius 2 is 1.77 bits per heavy atom. The molecular weight excluding hydrogens is 432 g/mol. The van der Waals surface area contributed by atoms with Gasteiger partial charge in [0.2, 0.25) is 10.0 Å². The van der Waals surface area contributed by atoms with E-state index in [4.69, 9.17) is 16.6 Å². The molecule has 0 radical (unpaired) electrons. The van der Waals surface area contributed by atoms with Crippen LogP contribution >= 0.6 is 11.6 Å². The third-order valence-electron chi connectivity index (χ3n) is 5.01. The summed E-state index contributed by atoms with van der Waals surface area (Å²) in [6.07, 6.45) is 1.14. The summed E-state index contributed by atoms with van der Waals surface area (Å²) in [6.45, 7) is 2.03. The van der Waals surface area contributed by atoms with Crippen LogP contribution < -0.4 is 14.9 Å². The van der Waals surface area contributed by atoms with Crippen molar-refractivity contribution in [2.24, 2.45) is 0 Å². The molecule has 31 heavy (non-hydrogen) atoms. The van der Waals surface area contributed by atoms with Gasteiger partial charge in [0.05, 0.1) is 40.0 Å². The summed E-state index contributed by atoms with van der Waals surface area (Å²) in [5.74, 6) is 0. The van der Waals surface area contributed by atoms with E-state index in [0.717, 1.165) is 50.7 Å². The maximum atomic E-state index is 11.7. The lowest BCUT2D eigenvalue weighted by atomic mass is 10.0. The van der Waals surface area contributed by atoms with Crippen molar-refractivity contribution >= 4 is 66.2 Å². The molecule has 0 unspecified atom stereocenters. The molecule has 0 saturated heterocycles. The largest absolute Gasteiger partial charge is 0.376 e. The van der Waals surface area contributed by atoms with Gasteiger partial charge in [0.1, 0.15) is 0 Å². The normalized spacial score (nSPS) is 11.6. The van der Waals surface area contributed by atoms with Crippen LogP contribution in [0.1, 0.15) is 5.56 Å². The predicted octanol–water partition coefficient (Wildman–Crippen LogP) is 5.53. The van der Waals surface area contributed by atoms with E-state index in [1.807, 2.05) is 68.4 Å². The third-order valence-corrected chi connectivity index (χ3v) is 5.85. The Labute approximate surface area is 186 Å². The maximum Gasteiger partial charge on any atom is 0.229 e. The van der Waals surface area contributed by atoms with E-state index in [1.54, 1.807) is 12.1 Å². The van der Waals surface area contributed by atoms with Crippen LogP contribution in [0.3, 0.4) is 0 Å². The third kappa shape index (κ3) is 4.38. The molecule has 1 heterocycles. The van der Waals surface area contributed by atoms with Gasteiger partial charge in [-0.2, -0.15) is 0 Å². The minimum atomic E-state index is -3.37. The highest BCUT2D eigenvalue weighted by Gasteiger charge is 2.15. The van der Waals surface area contributed by atoms with Gasteiger partial charge in [-0.3, -0.25) is 4.72 Å². The highest BCUT2D eigenvalue weighted by atomic mass is 35.5. The van der Waals surface area contributed by atoms with Gasteiger partial charge >= 0.3 is 0 Å². The zero-order valence-corrected chi connectivity index (χ0v) is 19.3. The number of rotatable bonds is 5. The Morgan fingerprint density at radius 1 is 1.00 bits per heavy atom. The zero-order chi connectivity index (χ0) is 22.3. The van der Waals surface area contributed by atoms with Crippen molar-refractivity contribution in [3.8, 4) is 0 Å². The molecule has 4 rings (SSSR count). The van der Waals surface area contributed by atoms with E-state index in [1.165, 1.54) is 0 Å². The summed E-state index contributed by atoms with van der Waals surface area (Å²) < 4.78 is 25.8. The van der Waals surface area contributed by atoms with Gasteiger partial charge in [-0.15, -0.1) is 0 Å². The Balaban J connectivity index is 1.92. The molecule has 2 N–H and O–H groups in total. The Hall–Kier alpha value is -3.03. The lowest BCUT2D eigenvalue weighted by molar-refractivity contribution is 0.607. The van der Waals surface area contributed by atoms with Crippen molar-refractivity contribution < 1.29 is 8.42 Å². The molecule has 1 aromatic heterocycles. The highest BCUT2D eigenvalue weighted by molar-refractivity contribution is 7.92. The first-order valence-electron chi connectivity index (χ1n) is 9.67. The predicted molar refractivity (Wildman–Crippen MR) is 132 cm³/mol. The molecule has 160 valence electrons. The van der Waals surface area contributed by atoms with Gasteiger partial charge in [0.15, 0.2) is 0 Å². The highest BCUT2D eigenvalue weighted by Crippen LogP contribution is 2.38. The fraction of sp³-hybridized carbons (Fsp3) is 0.174. The van der Waals surface area contributed by atoms with Crippen LogP contribution in [0.15, 0.2) is 54.6 Å². The number of hydrogen-bond donors (Lipinski definition) is 2. The standard InChI is InChI=1S/C23H23ClN4O2S/c1-14-6-5-7-18-22(14)26-20-12-15(24)8-10-17(20)23(18)25-19-11-9-16(27-31(4,29)30)13-21(19)28(2)3/h5-13,27H,1-4H3,(H,25,26). The fourth-order valence-corrected chi connectivity index (χ4v) is 4.36. The number of sulfonamides is 1. The molecule has 0 saturated carbocycles. The summed E-state index contributed by atoms with van der Waals surface area (Å²) in [6, 6.07) is 17.2. The minimum Gasteiger partial charge on any atom is -0.376 e. The van der Waals surface area contributed by atoms with Crippen molar-refractivity contribution in [2.45, 2.75) is 6.92 Å². The number of hydrogen-bond acceptors (Lipinski definition) is 5. The number of nitrogens with zero attached hydrogens (tertiary/aromatic N) is 2. The number of pyridine rings is 1. The van der Waals surface area contributed by atoms with Crippen LogP contribution in [0, 0.1) is 6.92 Å². The first kappa shape index (κ1) is 21.2. The Morgan fingerprint density at radius 3 is 2.48 bits per heavy atom. The minimum absolute atomic E-state index is 0.504. The van der Waals surface area contributed by atoms with Crippen LogP contribution in [0.25, 0.3) is 21.8 Å². The summed E-state index contributed by atoms with van der Waals surface area (Å²) in [5, 5.41) is 6.15. The topological polar surface area (TPSA) is 74.3 Å². The number of fused-ring (bicyclic) bond motifs is 2. The number of aryl methyl sites for hydroxylation is 1. The van der Waals surface area contributed by atoms with E-state index in [9.17, 15) is 8.42 Å². The smallest absolute Gasteiger partial charge is 0.229 e. The lowest BCUT2D eigenvalue weighted by Gasteiger charge is -2.21. The molecule has 0 fully saturated rings. The molecule has 0 bridgehead atoms. The molecule has 0 aliphatic rings. The molecule has 0 atom stereocenters. The van der Waals surface area contributed by atoms with Crippen molar-refractivity contribution in [3.05, 3.63) is 65.2 Å². The van der Waals surface area contributed by atoms with Crippen LogP contribution in [0.4, 0.5) is 22.7 Å². The van der Waals surface area contributed by atoms with E-state index < -0.39 is 10.0 Å². The molecule has 0 amide bonds. The number of nitrogens with one attached hydrogen (secondary N) is 2. The molecule has 0 aliphatic heterocycles. The van der Waals surface area contributed by atoms with Gasteiger partial charge in [-0.05, 0) is 48.9 Å². The van der Waals surface area contributed by atoms with E-state index in [2.05, 4.69) is 10.0 Å².